The Morgan fingerprint density at radius 2 is 1.70 bits per heavy atom. The second-order valence-corrected chi connectivity index (χ2v) is 6.48. The first-order chi connectivity index (χ1) is 9.66. The highest BCUT2D eigenvalue weighted by Crippen LogP contribution is 2.32. The topological polar surface area (TPSA) is 69.6 Å². The Bertz CT molecular complexity index is 399. The molecule has 1 aliphatic carbocycles. The molecule has 4 unspecified atom stereocenters. The van der Waals surface area contributed by atoms with Crippen molar-refractivity contribution in [1.82, 2.24) is 10.2 Å². The van der Waals surface area contributed by atoms with Crippen LogP contribution in [0, 0.1) is 11.8 Å². The van der Waals surface area contributed by atoms with Gasteiger partial charge in [0.05, 0.1) is 11.8 Å². The molecule has 0 aromatic carbocycles. The number of hydrogen-bond donors (Lipinski definition) is 2. The predicted octanol–water partition coefficient (Wildman–Crippen LogP) is 1.23. The number of carboxylic acid groups (broad SMARTS) is 1. The number of amides is 1. The minimum atomic E-state index is -0.807. The van der Waals surface area contributed by atoms with Crippen LogP contribution in [0.25, 0.3) is 0 Å². The van der Waals surface area contributed by atoms with E-state index in [1.54, 1.807) is 0 Å². The minimum absolute atomic E-state index is 0.0177. The standard InChI is InChI=1S/C15H24N2O3/c18-14(10-4-1-2-5-11(10)15(19)20)16-12-7-9-17-8-3-6-13(12)17/h10-13H,1-9H2,(H,16,18)(H,19,20). The van der Waals surface area contributed by atoms with Crippen molar-refractivity contribution in [2.45, 2.75) is 57.0 Å². The van der Waals surface area contributed by atoms with Crippen LogP contribution in [-0.4, -0.2) is 47.1 Å². The Morgan fingerprint density at radius 3 is 2.45 bits per heavy atom. The zero-order valence-corrected chi connectivity index (χ0v) is 11.9. The van der Waals surface area contributed by atoms with Gasteiger partial charge in [0.25, 0.3) is 0 Å². The molecule has 2 N–H and O–H groups in total. The predicted molar refractivity (Wildman–Crippen MR) is 74.2 cm³/mol. The maximum Gasteiger partial charge on any atom is 0.307 e. The van der Waals surface area contributed by atoms with Crippen molar-refractivity contribution < 1.29 is 14.7 Å². The molecule has 1 saturated carbocycles. The van der Waals surface area contributed by atoms with Gasteiger partial charge in [-0.3, -0.25) is 14.5 Å². The summed E-state index contributed by atoms with van der Waals surface area (Å²) in [5, 5.41) is 12.4. The summed E-state index contributed by atoms with van der Waals surface area (Å²) >= 11 is 0. The van der Waals surface area contributed by atoms with Crippen LogP contribution < -0.4 is 5.32 Å². The lowest BCUT2D eigenvalue weighted by molar-refractivity contribution is -0.149. The van der Waals surface area contributed by atoms with E-state index in [9.17, 15) is 14.7 Å². The zero-order chi connectivity index (χ0) is 14.1. The second-order valence-electron chi connectivity index (χ2n) is 6.48. The number of fused-ring (bicyclic) bond motifs is 1. The van der Waals surface area contributed by atoms with Crippen LogP contribution in [0.3, 0.4) is 0 Å². The Hall–Kier alpha value is -1.10. The lowest BCUT2D eigenvalue weighted by atomic mass is 9.78. The van der Waals surface area contributed by atoms with Gasteiger partial charge in [-0.15, -0.1) is 0 Å². The van der Waals surface area contributed by atoms with Crippen LogP contribution in [0.4, 0.5) is 0 Å². The number of nitrogens with one attached hydrogen (secondary N) is 1. The van der Waals surface area contributed by atoms with Gasteiger partial charge in [0, 0.05) is 18.6 Å². The number of rotatable bonds is 3. The van der Waals surface area contributed by atoms with E-state index in [1.165, 1.54) is 6.42 Å². The summed E-state index contributed by atoms with van der Waals surface area (Å²) in [5.41, 5.74) is 0. The fraction of sp³-hybridized carbons (Fsp3) is 0.867. The normalized spacial score (nSPS) is 37.6. The van der Waals surface area contributed by atoms with E-state index in [-0.39, 0.29) is 17.9 Å². The molecule has 0 bridgehead atoms. The van der Waals surface area contributed by atoms with Crippen molar-refractivity contribution >= 4 is 11.9 Å². The van der Waals surface area contributed by atoms with Crippen molar-refractivity contribution in [2.75, 3.05) is 13.1 Å². The van der Waals surface area contributed by atoms with E-state index >= 15 is 0 Å². The third-order valence-corrected chi connectivity index (χ3v) is 5.35. The number of carboxylic acids is 1. The highest BCUT2D eigenvalue weighted by Gasteiger charge is 2.41. The Morgan fingerprint density at radius 1 is 0.950 bits per heavy atom. The molecule has 2 heterocycles. The maximum atomic E-state index is 12.5. The summed E-state index contributed by atoms with van der Waals surface area (Å²) in [6, 6.07) is 0.729. The fourth-order valence-corrected chi connectivity index (χ4v) is 4.28. The summed E-state index contributed by atoms with van der Waals surface area (Å²) in [7, 11) is 0. The van der Waals surface area contributed by atoms with E-state index in [1.807, 2.05) is 0 Å². The van der Waals surface area contributed by atoms with Gasteiger partial charge in [-0.25, -0.2) is 0 Å². The first-order valence-corrected chi connectivity index (χ1v) is 7.94. The molecule has 2 saturated heterocycles. The molecule has 2 aliphatic heterocycles. The van der Waals surface area contributed by atoms with Crippen molar-refractivity contribution in [2.24, 2.45) is 11.8 Å². The summed E-state index contributed by atoms with van der Waals surface area (Å²) < 4.78 is 0. The van der Waals surface area contributed by atoms with E-state index in [2.05, 4.69) is 10.2 Å². The van der Waals surface area contributed by atoms with Crippen molar-refractivity contribution in [3.8, 4) is 0 Å². The van der Waals surface area contributed by atoms with E-state index in [0.29, 0.717) is 12.5 Å². The largest absolute Gasteiger partial charge is 0.481 e. The van der Waals surface area contributed by atoms with Crippen LogP contribution in [0.15, 0.2) is 0 Å². The highest BCUT2D eigenvalue weighted by atomic mass is 16.4. The molecule has 3 rings (SSSR count). The minimum Gasteiger partial charge on any atom is -0.481 e. The van der Waals surface area contributed by atoms with Crippen LogP contribution in [0.1, 0.15) is 44.9 Å². The molecule has 5 heteroatoms. The number of hydrogen-bond acceptors (Lipinski definition) is 3. The molecule has 0 spiro atoms. The summed E-state index contributed by atoms with van der Waals surface area (Å²) in [5.74, 6) is -1.63. The Kier molecular flexibility index (Phi) is 3.96. The van der Waals surface area contributed by atoms with Gasteiger partial charge in [0.15, 0.2) is 0 Å². The zero-order valence-electron chi connectivity index (χ0n) is 11.9. The molecule has 3 fully saturated rings. The van der Waals surface area contributed by atoms with Crippen LogP contribution in [-0.2, 0) is 9.59 Å². The molecule has 3 aliphatic rings. The number of carbonyl (C=O) groups excluding carboxylic acids is 1. The molecule has 1 amide bonds. The maximum absolute atomic E-state index is 12.5. The molecule has 5 nitrogen and oxygen atoms in total. The van der Waals surface area contributed by atoms with Gasteiger partial charge in [-0.05, 0) is 38.6 Å². The lowest BCUT2D eigenvalue weighted by Gasteiger charge is -2.30. The van der Waals surface area contributed by atoms with Crippen molar-refractivity contribution in [3.63, 3.8) is 0 Å². The first kappa shape index (κ1) is 13.9. The van der Waals surface area contributed by atoms with E-state index in [4.69, 9.17) is 0 Å². The van der Waals surface area contributed by atoms with Crippen LogP contribution in [0.5, 0.6) is 0 Å². The van der Waals surface area contributed by atoms with Gasteiger partial charge in [-0.2, -0.15) is 0 Å². The Labute approximate surface area is 119 Å². The quantitative estimate of drug-likeness (QED) is 0.816. The number of carbonyl (C=O) groups is 2. The molecule has 4 atom stereocenters. The van der Waals surface area contributed by atoms with E-state index in [0.717, 1.165) is 45.2 Å². The molecule has 112 valence electrons. The third kappa shape index (κ3) is 2.55. The molecule has 0 aromatic heterocycles. The number of aliphatic carboxylic acids is 1. The fourth-order valence-electron chi connectivity index (χ4n) is 4.28. The summed E-state index contributed by atoms with van der Waals surface area (Å²) in [6.45, 7) is 2.22. The van der Waals surface area contributed by atoms with Crippen LogP contribution in [0.2, 0.25) is 0 Å². The molecule has 0 aromatic rings. The summed E-state index contributed by atoms with van der Waals surface area (Å²) in [4.78, 5) is 26.2. The van der Waals surface area contributed by atoms with Gasteiger partial charge >= 0.3 is 5.97 Å². The van der Waals surface area contributed by atoms with Crippen molar-refractivity contribution in [1.29, 1.82) is 0 Å². The van der Waals surface area contributed by atoms with Crippen molar-refractivity contribution in [3.05, 3.63) is 0 Å². The second kappa shape index (κ2) is 5.72. The van der Waals surface area contributed by atoms with Gasteiger partial charge in [0.2, 0.25) is 5.91 Å². The Balaban J connectivity index is 1.61. The molecule has 0 radical (unpaired) electrons. The first-order valence-electron chi connectivity index (χ1n) is 7.94. The highest BCUT2D eigenvalue weighted by molar-refractivity contribution is 5.85. The van der Waals surface area contributed by atoms with Crippen LogP contribution >= 0.6 is 0 Å². The van der Waals surface area contributed by atoms with E-state index < -0.39 is 11.9 Å². The smallest absolute Gasteiger partial charge is 0.307 e. The van der Waals surface area contributed by atoms with Gasteiger partial charge in [0.1, 0.15) is 0 Å². The molecular formula is C15H24N2O3. The average Bonchev–Trinajstić information content (AvgIpc) is 3.03. The van der Waals surface area contributed by atoms with Gasteiger partial charge < -0.3 is 10.4 Å². The third-order valence-electron chi connectivity index (χ3n) is 5.35. The monoisotopic (exact) mass is 280 g/mol. The SMILES string of the molecule is O=C(O)C1CCCCC1C(=O)NC1CCN2CCCC12. The molecular weight excluding hydrogens is 256 g/mol. The summed E-state index contributed by atoms with van der Waals surface area (Å²) in [6.07, 6.45) is 6.68. The molecule has 20 heavy (non-hydrogen) atoms. The lowest BCUT2D eigenvalue weighted by Crippen LogP contribution is -2.47. The van der Waals surface area contributed by atoms with Gasteiger partial charge in [-0.1, -0.05) is 12.8 Å². The number of nitrogens with zero attached hydrogens (tertiary/aromatic N) is 1. The average molecular weight is 280 g/mol.